The third-order valence-electron chi connectivity index (χ3n) is 5.69. The Morgan fingerprint density at radius 3 is 2.72 bits per heavy atom. The van der Waals surface area contributed by atoms with E-state index in [-0.39, 0.29) is 5.91 Å². The molecule has 0 unspecified atom stereocenters. The lowest BCUT2D eigenvalue weighted by Crippen LogP contribution is -2.43. The number of hydrogen-bond donors (Lipinski definition) is 4. The number of carbonyl (C=O) groups excluding carboxylic acids is 1. The number of likely N-dealkylation sites (N-methyl/N-ethyl adjacent to an activating group) is 1. The second-order valence-electron chi connectivity index (χ2n) is 7.98. The maximum absolute atomic E-state index is 12.9. The number of aromatic nitrogens is 5. The summed E-state index contributed by atoms with van der Waals surface area (Å²) in [5.41, 5.74) is 3.54. The molecule has 0 radical (unpaired) electrons. The van der Waals surface area contributed by atoms with Crippen LogP contribution in [0.5, 0.6) is 0 Å². The summed E-state index contributed by atoms with van der Waals surface area (Å²) in [6, 6.07) is 9.86. The van der Waals surface area contributed by atoms with E-state index in [9.17, 15) is 4.79 Å². The summed E-state index contributed by atoms with van der Waals surface area (Å²) in [5.74, 6) is 0.316. The van der Waals surface area contributed by atoms with Gasteiger partial charge in [0, 0.05) is 44.6 Å². The monoisotopic (exact) mass is 431 g/mol. The molecule has 4 aromatic rings. The number of aromatic amines is 2. The molecule has 0 atom stereocenters. The normalized spacial score (nSPS) is 15.2. The van der Waals surface area contributed by atoms with Crippen LogP contribution in [0.25, 0.3) is 11.0 Å². The standard InChI is InChI=1S/C22H25N9O/c1-30-8-10-31(11-9-30)13-15-2-4-16(5-3-15)27-22(32)19-18(12-26-29-19)28-21-17-6-7-23-20(17)24-14-25-21/h2-7,12,14H,8-11,13H2,1H3,(H,26,29)(H,27,32)(H2,23,24,25,28). The lowest BCUT2D eigenvalue weighted by molar-refractivity contribution is 0.102. The first-order chi connectivity index (χ1) is 15.7. The minimum Gasteiger partial charge on any atom is -0.346 e. The zero-order valence-corrected chi connectivity index (χ0v) is 17.8. The van der Waals surface area contributed by atoms with E-state index >= 15 is 0 Å². The van der Waals surface area contributed by atoms with E-state index in [1.54, 1.807) is 12.4 Å². The molecule has 10 heteroatoms. The zero-order valence-electron chi connectivity index (χ0n) is 17.8. The van der Waals surface area contributed by atoms with Crippen molar-refractivity contribution in [1.29, 1.82) is 0 Å². The van der Waals surface area contributed by atoms with Gasteiger partial charge in [0.2, 0.25) is 0 Å². The van der Waals surface area contributed by atoms with Gasteiger partial charge in [0.1, 0.15) is 23.5 Å². The fourth-order valence-corrected chi connectivity index (χ4v) is 3.80. The van der Waals surface area contributed by atoms with Gasteiger partial charge in [0.15, 0.2) is 0 Å². The van der Waals surface area contributed by atoms with Gasteiger partial charge in [-0.3, -0.25) is 14.8 Å². The van der Waals surface area contributed by atoms with Crippen LogP contribution in [0.1, 0.15) is 16.1 Å². The van der Waals surface area contributed by atoms with Crippen molar-refractivity contribution in [2.45, 2.75) is 6.54 Å². The number of benzene rings is 1. The minimum atomic E-state index is -0.281. The van der Waals surface area contributed by atoms with Crippen LogP contribution >= 0.6 is 0 Å². The molecule has 0 saturated carbocycles. The largest absolute Gasteiger partial charge is 0.346 e. The van der Waals surface area contributed by atoms with Crippen LogP contribution in [0, 0.1) is 0 Å². The van der Waals surface area contributed by atoms with Gasteiger partial charge in [0.25, 0.3) is 5.91 Å². The smallest absolute Gasteiger partial charge is 0.275 e. The minimum absolute atomic E-state index is 0.281. The van der Waals surface area contributed by atoms with Gasteiger partial charge in [0.05, 0.1) is 17.3 Å². The molecule has 1 aliphatic heterocycles. The van der Waals surface area contributed by atoms with E-state index in [0.717, 1.165) is 43.8 Å². The highest BCUT2D eigenvalue weighted by Gasteiger charge is 2.17. The van der Waals surface area contributed by atoms with Crippen molar-refractivity contribution in [3.63, 3.8) is 0 Å². The number of fused-ring (bicyclic) bond motifs is 1. The number of rotatable bonds is 6. The second-order valence-corrected chi connectivity index (χ2v) is 7.98. The molecule has 10 nitrogen and oxygen atoms in total. The Balaban J connectivity index is 1.24. The van der Waals surface area contributed by atoms with Gasteiger partial charge < -0.3 is 20.5 Å². The highest BCUT2D eigenvalue weighted by atomic mass is 16.2. The van der Waals surface area contributed by atoms with Crippen molar-refractivity contribution in [3.8, 4) is 0 Å². The van der Waals surface area contributed by atoms with Crippen molar-refractivity contribution < 1.29 is 4.79 Å². The van der Waals surface area contributed by atoms with Gasteiger partial charge in [-0.25, -0.2) is 9.97 Å². The van der Waals surface area contributed by atoms with Crippen LogP contribution in [0.2, 0.25) is 0 Å². The lowest BCUT2D eigenvalue weighted by Gasteiger charge is -2.32. The van der Waals surface area contributed by atoms with E-state index in [1.165, 1.54) is 11.9 Å². The SMILES string of the molecule is CN1CCN(Cc2ccc(NC(=O)c3[nH]ncc3Nc3ncnc4[nH]ccc34)cc2)CC1. The number of piperazine rings is 1. The first-order valence-electron chi connectivity index (χ1n) is 10.6. The fraction of sp³-hybridized carbons (Fsp3) is 0.273. The average molecular weight is 432 g/mol. The number of carbonyl (C=O) groups is 1. The van der Waals surface area contributed by atoms with Crippen molar-refractivity contribution in [3.05, 3.63) is 60.3 Å². The summed E-state index contributed by atoms with van der Waals surface area (Å²) in [5, 5.41) is 13.7. The van der Waals surface area contributed by atoms with Crippen molar-refractivity contribution in [2.75, 3.05) is 43.9 Å². The molecular formula is C22H25N9O. The fourth-order valence-electron chi connectivity index (χ4n) is 3.80. The predicted molar refractivity (Wildman–Crippen MR) is 123 cm³/mol. The molecule has 164 valence electrons. The number of nitrogens with zero attached hydrogens (tertiary/aromatic N) is 5. The maximum atomic E-state index is 12.9. The molecule has 1 amide bonds. The zero-order chi connectivity index (χ0) is 21.9. The molecule has 5 rings (SSSR count). The highest BCUT2D eigenvalue weighted by Crippen LogP contribution is 2.24. The van der Waals surface area contributed by atoms with E-state index in [0.29, 0.717) is 22.8 Å². The number of anilines is 3. The van der Waals surface area contributed by atoms with Crippen LogP contribution < -0.4 is 10.6 Å². The van der Waals surface area contributed by atoms with Crippen LogP contribution in [0.3, 0.4) is 0 Å². The van der Waals surface area contributed by atoms with Crippen LogP contribution in [-0.2, 0) is 6.54 Å². The van der Waals surface area contributed by atoms with Gasteiger partial charge in [-0.2, -0.15) is 5.10 Å². The molecule has 0 spiro atoms. The first kappa shape index (κ1) is 20.2. The van der Waals surface area contributed by atoms with Crippen LogP contribution in [0.4, 0.5) is 17.2 Å². The summed E-state index contributed by atoms with van der Waals surface area (Å²) in [4.78, 5) is 29.2. The average Bonchev–Trinajstić information content (AvgIpc) is 3.47. The Hall–Kier alpha value is -3.76. The van der Waals surface area contributed by atoms with Crippen LogP contribution in [0.15, 0.2) is 49.1 Å². The lowest BCUT2D eigenvalue weighted by atomic mass is 10.1. The Kier molecular flexibility index (Phi) is 5.53. The molecule has 3 aromatic heterocycles. The molecule has 0 bridgehead atoms. The van der Waals surface area contributed by atoms with Crippen molar-refractivity contribution in [2.24, 2.45) is 0 Å². The molecule has 4 heterocycles. The van der Waals surface area contributed by atoms with Gasteiger partial charge in [-0.05, 0) is 30.8 Å². The number of nitrogens with one attached hydrogen (secondary N) is 4. The molecular weight excluding hydrogens is 406 g/mol. The summed E-state index contributed by atoms with van der Waals surface area (Å²) < 4.78 is 0. The Morgan fingerprint density at radius 1 is 1.09 bits per heavy atom. The molecule has 32 heavy (non-hydrogen) atoms. The molecule has 4 N–H and O–H groups in total. The molecule has 1 saturated heterocycles. The Bertz CT molecular complexity index is 1210. The van der Waals surface area contributed by atoms with E-state index < -0.39 is 0 Å². The summed E-state index contributed by atoms with van der Waals surface area (Å²) >= 11 is 0. The van der Waals surface area contributed by atoms with Crippen molar-refractivity contribution in [1.82, 2.24) is 34.9 Å². The number of hydrogen-bond acceptors (Lipinski definition) is 7. The second kappa shape index (κ2) is 8.77. The quantitative estimate of drug-likeness (QED) is 0.370. The Morgan fingerprint density at radius 2 is 1.91 bits per heavy atom. The molecule has 1 aromatic carbocycles. The molecule has 1 fully saturated rings. The summed E-state index contributed by atoms with van der Waals surface area (Å²) in [7, 11) is 2.16. The highest BCUT2D eigenvalue weighted by molar-refractivity contribution is 6.07. The van der Waals surface area contributed by atoms with E-state index in [4.69, 9.17) is 0 Å². The maximum Gasteiger partial charge on any atom is 0.275 e. The third-order valence-corrected chi connectivity index (χ3v) is 5.69. The van der Waals surface area contributed by atoms with Gasteiger partial charge in [-0.1, -0.05) is 12.1 Å². The van der Waals surface area contributed by atoms with Crippen molar-refractivity contribution >= 4 is 34.1 Å². The molecule has 0 aliphatic carbocycles. The Labute approximate surface area is 185 Å². The van der Waals surface area contributed by atoms with E-state index in [2.05, 4.69) is 64.8 Å². The van der Waals surface area contributed by atoms with E-state index in [1.807, 2.05) is 18.2 Å². The predicted octanol–water partition coefficient (Wildman–Crippen LogP) is 2.42. The summed E-state index contributed by atoms with van der Waals surface area (Å²) in [6.07, 6.45) is 4.82. The number of H-pyrrole nitrogens is 2. The first-order valence-corrected chi connectivity index (χ1v) is 10.6. The van der Waals surface area contributed by atoms with Gasteiger partial charge >= 0.3 is 0 Å². The number of amides is 1. The van der Waals surface area contributed by atoms with Crippen LogP contribution in [-0.4, -0.2) is 74.1 Å². The topological polar surface area (TPSA) is 118 Å². The van der Waals surface area contributed by atoms with Gasteiger partial charge in [-0.15, -0.1) is 0 Å². The molecule has 1 aliphatic rings. The third kappa shape index (κ3) is 4.32. The summed E-state index contributed by atoms with van der Waals surface area (Å²) in [6.45, 7) is 5.26.